The molecule has 0 unspecified atom stereocenters. The smallest absolute Gasteiger partial charge is 0.314 e. The summed E-state index contributed by atoms with van der Waals surface area (Å²) >= 11 is 6.21. The molecular weight excluding hydrogens is 268 g/mol. The van der Waals surface area contributed by atoms with Crippen molar-refractivity contribution >= 4 is 17.6 Å². The van der Waals surface area contributed by atoms with Gasteiger partial charge < -0.3 is 14.6 Å². The number of rotatable bonds is 5. The number of aliphatic carboxylic acids is 1. The van der Waals surface area contributed by atoms with Gasteiger partial charge in [0.2, 0.25) is 0 Å². The number of hydrogen-bond donors (Lipinski definition) is 1. The second-order valence-corrected chi connectivity index (χ2v) is 5.44. The fraction of sp³-hybridized carbons (Fsp3) is 0.500. The minimum absolute atomic E-state index is 0.00910. The summed E-state index contributed by atoms with van der Waals surface area (Å²) in [6.07, 6.45) is 1.20. The van der Waals surface area contributed by atoms with Gasteiger partial charge in [-0.15, -0.1) is 0 Å². The van der Waals surface area contributed by atoms with Crippen molar-refractivity contribution in [2.75, 3.05) is 7.11 Å². The second-order valence-electron chi connectivity index (χ2n) is 5.04. The van der Waals surface area contributed by atoms with Crippen molar-refractivity contribution in [3.63, 3.8) is 0 Å². The maximum Gasteiger partial charge on any atom is 0.314 e. The van der Waals surface area contributed by atoms with Crippen LogP contribution in [-0.4, -0.2) is 24.3 Å². The summed E-state index contributed by atoms with van der Waals surface area (Å²) in [7, 11) is 1.53. The van der Waals surface area contributed by atoms with Crippen LogP contribution in [0.4, 0.5) is 0 Å². The fourth-order valence-electron chi connectivity index (χ4n) is 2.13. The van der Waals surface area contributed by atoms with Crippen molar-refractivity contribution in [1.82, 2.24) is 0 Å². The van der Waals surface area contributed by atoms with Gasteiger partial charge in [0.25, 0.3) is 0 Å². The SMILES string of the molecule is COc1cc(C2(C(=O)O)CC2)c(Cl)cc1OC(C)C. The summed E-state index contributed by atoms with van der Waals surface area (Å²) in [5, 5.41) is 9.74. The Balaban J connectivity index is 2.45. The first kappa shape index (κ1) is 14.0. The number of carboxylic acids is 1. The monoisotopic (exact) mass is 284 g/mol. The van der Waals surface area contributed by atoms with Gasteiger partial charge in [-0.05, 0) is 38.3 Å². The van der Waals surface area contributed by atoms with Crippen LogP contribution in [0, 0.1) is 0 Å². The predicted molar refractivity (Wildman–Crippen MR) is 72.3 cm³/mol. The number of hydrogen-bond acceptors (Lipinski definition) is 3. The van der Waals surface area contributed by atoms with E-state index in [1.165, 1.54) is 7.11 Å². The molecule has 1 N–H and O–H groups in total. The van der Waals surface area contributed by atoms with E-state index in [1.54, 1.807) is 12.1 Å². The normalized spacial score (nSPS) is 16.3. The molecule has 5 heteroatoms. The summed E-state index contributed by atoms with van der Waals surface area (Å²) < 4.78 is 10.9. The Hall–Kier alpha value is -1.42. The molecule has 1 aliphatic rings. The third-order valence-electron chi connectivity index (χ3n) is 3.29. The summed E-state index contributed by atoms with van der Waals surface area (Å²) in [5.41, 5.74) is -0.240. The quantitative estimate of drug-likeness (QED) is 0.902. The second kappa shape index (κ2) is 4.93. The highest BCUT2D eigenvalue weighted by molar-refractivity contribution is 6.32. The van der Waals surface area contributed by atoms with Gasteiger partial charge in [-0.25, -0.2) is 0 Å². The van der Waals surface area contributed by atoms with Gasteiger partial charge in [0, 0.05) is 11.1 Å². The van der Waals surface area contributed by atoms with Crippen LogP contribution in [0.5, 0.6) is 11.5 Å². The zero-order valence-electron chi connectivity index (χ0n) is 11.2. The molecule has 0 aliphatic heterocycles. The Labute approximate surface area is 117 Å². The third-order valence-corrected chi connectivity index (χ3v) is 3.60. The van der Waals surface area contributed by atoms with Crippen molar-refractivity contribution in [3.8, 4) is 11.5 Å². The lowest BCUT2D eigenvalue weighted by molar-refractivity contribution is -0.140. The molecule has 0 atom stereocenters. The standard InChI is InChI=1S/C14H17ClO4/c1-8(2)19-12-7-10(15)9(6-11(12)18-3)14(4-5-14)13(16)17/h6-8H,4-5H2,1-3H3,(H,16,17). The van der Waals surface area contributed by atoms with Crippen LogP contribution >= 0.6 is 11.6 Å². The molecular formula is C14H17ClO4. The van der Waals surface area contributed by atoms with E-state index in [2.05, 4.69) is 0 Å². The van der Waals surface area contributed by atoms with Crippen LogP contribution in [0.3, 0.4) is 0 Å². The molecule has 1 aliphatic carbocycles. The van der Waals surface area contributed by atoms with Gasteiger partial charge in [0.05, 0.1) is 18.6 Å². The first-order chi connectivity index (χ1) is 8.90. The molecule has 0 aromatic heterocycles. The maximum atomic E-state index is 11.4. The minimum Gasteiger partial charge on any atom is -0.493 e. The first-order valence-corrected chi connectivity index (χ1v) is 6.56. The van der Waals surface area contributed by atoms with Crippen LogP contribution < -0.4 is 9.47 Å². The molecule has 19 heavy (non-hydrogen) atoms. The van der Waals surface area contributed by atoms with Gasteiger partial charge in [-0.2, -0.15) is 0 Å². The summed E-state index contributed by atoms with van der Waals surface area (Å²) in [6, 6.07) is 3.32. The molecule has 0 amide bonds. The lowest BCUT2D eigenvalue weighted by atomic mass is 9.95. The number of carbonyl (C=O) groups is 1. The summed E-state index contributed by atoms with van der Waals surface area (Å²) in [5.74, 6) is 0.210. The molecule has 1 aromatic rings. The zero-order valence-corrected chi connectivity index (χ0v) is 12.0. The van der Waals surface area contributed by atoms with E-state index in [0.717, 1.165) is 0 Å². The summed E-state index contributed by atoms with van der Waals surface area (Å²) in [4.78, 5) is 11.4. The van der Waals surface area contributed by atoms with Crippen molar-refractivity contribution in [3.05, 3.63) is 22.7 Å². The van der Waals surface area contributed by atoms with E-state index in [0.29, 0.717) is 34.9 Å². The highest BCUT2D eigenvalue weighted by atomic mass is 35.5. The maximum absolute atomic E-state index is 11.4. The average molecular weight is 285 g/mol. The van der Waals surface area contributed by atoms with Crippen molar-refractivity contribution in [1.29, 1.82) is 0 Å². The van der Waals surface area contributed by atoms with E-state index < -0.39 is 11.4 Å². The van der Waals surface area contributed by atoms with E-state index in [1.807, 2.05) is 13.8 Å². The van der Waals surface area contributed by atoms with E-state index in [-0.39, 0.29) is 6.10 Å². The van der Waals surface area contributed by atoms with E-state index in [9.17, 15) is 9.90 Å². The van der Waals surface area contributed by atoms with Gasteiger partial charge in [0.15, 0.2) is 11.5 Å². The van der Waals surface area contributed by atoms with Crippen LogP contribution in [-0.2, 0) is 10.2 Å². The van der Waals surface area contributed by atoms with Crippen LogP contribution in [0.1, 0.15) is 32.3 Å². The Morgan fingerprint density at radius 1 is 1.37 bits per heavy atom. The van der Waals surface area contributed by atoms with E-state index in [4.69, 9.17) is 21.1 Å². The van der Waals surface area contributed by atoms with Crippen LogP contribution in [0.2, 0.25) is 5.02 Å². The Kier molecular flexibility index (Phi) is 3.63. The number of benzene rings is 1. The van der Waals surface area contributed by atoms with Crippen LogP contribution in [0.25, 0.3) is 0 Å². The van der Waals surface area contributed by atoms with Crippen molar-refractivity contribution < 1.29 is 19.4 Å². The molecule has 4 nitrogen and oxygen atoms in total. The largest absolute Gasteiger partial charge is 0.493 e. The Morgan fingerprint density at radius 3 is 2.42 bits per heavy atom. The number of halogens is 1. The molecule has 0 bridgehead atoms. The number of methoxy groups -OCH3 is 1. The topological polar surface area (TPSA) is 55.8 Å². The molecule has 1 saturated carbocycles. The summed E-state index contributed by atoms with van der Waals surface area (Å²) in [6.45, 7) is 3.81. The van der Waals surface area contributed by atoms with Gasteiger partial charge in [-0.1, -0.05) is 11.6 Å². The minimum atomic E-state index is -0.847. The molecule has 2 rings (SSSR count). The predicted octanol–water partition coefficient (Wildman–Crippen LogP) is 3.25. The molecule has 104 valence electrons. The Morgan fingerprint density at radius 2 is 2.00 bits per heavy atom. The number of ether oxygens (including phenoxy) is 2. The third kappa shape index (κ3) is 2.50. The lowest BCUT2D eigenvalue weighted by Crippen LogP contribution is -2.20. The lowest BCUT2D eigenvalue weighted by Gasteiger charge is -2.18. The molecule has 1 aromatic carbocycles. The molecule has 0 radical (unpaired) electrons. The van der Waals surface area contributed by atoms with Gasteiger partial charge in [0.1, 0.15) is 0 Å². The molecule has 0 heterocycles. The van der Waals surface area contributed by atoms with Gasteiger partial charge in [-0.3, -0.25) is 4.79 Å². The fourth-order valence-corrected chi connectivity index (χ4v) is 2.47. The van der Waals surface area contributed by atoms with E-state index >= 15 is 0 Å². The first-order valence-electron chi connectivity index (χ1n) is 6.19. The van der Waals surface area contributed by atoms with Crippen molar-refractivity contribution in [2.24, 2.45) is 0 Å². The Bertz CT molecular complexity index is 506. The highest BCUT2D eigenvalue weighted by Gasteiger charge is 2.53. The number of carboxylic acid groups (broad SMARTS) is 1. The highest BCUT2D eigenvalue weighted by Crippen LogP contribution is 2.52. The molecule has 1 fully saturated rings. The van der Waals surface area contributed by atoms with Crippen LogP contribution in [0.15, 0.2) is 12.1 Å². The van der Waals surface area contributed by atoms with Gasteiger partial charge >= 0.3 is 5.97 Å². The zero-order chi connectivity index (χ0) is 14.2. The molecule has 0 spiro atoms. The van der Waals surface area contributed by atoms with Crippen molar-refractivity contribution in [2.45, 2.75) is 38.2 Å². The molecule has 0 saturated heterocycles. The average Bonchev–Trinajstić information content (AvgIpc) is 3.09.